The molecule has 0 aliphatic rings. The molecule has 2 N–H and O–H groups in total. The van der Waals surface area contributed by atoms with E-state index in [-0.39, 0.29) is 0 Å². The molecule has 2 heteroatoms. The van der Waals surface area contributed by atoms with Gasteiger partial charge in [0.2, 0.25) is 0 Å². The Labute approximate surface area is 66.3 Å². The number of hydrogen-bond donors (Lipinski definition) is 1. The highest BCUT2D eigenvalue weighted by molar-refractivity contribution is 5.88. The van der Waals surface area contributed by atoms with E-state index in [9.17, 15) is 0 Å². The Morgan fingerprint density at radius 2 is 2.00 bits per heavy atom. The zero-order valence-corrected chi connectivity index (χ0v) is 6.58. The molecule has 1 aromatic rings. The molecule has 1 aromatic carbocycles. The van der Waals surface area contributed by atoms with Crippen LogP contribution in [0.2, 0.25) is 0 Å². The summed E-state index contributed by atoms with van der Waals surface area (Å²) in [6.45, 7) is 2.52. The summed E-state index contributed by atoms with van der Waals surface area (Å²) >= 11 is 0. The van der Waals surface area contributed by atoms with Crippen molar-refractivity contribution in [3.05, 3.63) is 35.9 Å². The van der Waals surface area contributed by atoms with Gasteiger partial charge in [-0.1, -0.05) is 18.2 Å². The van der Waals surface area contributed by atoms with Crippen molar-refractivity contribution in [1.82, 2.24) is 0 Å². The Kier molecular flexibility index (Phi) is 2.66. The van der Waals surface area contributed by atoms with Gasteiger partial charge in [0, 0.05) is 0 Å². The molecule has 58 valence electrons. The maximum Gasteiger partial charge on any atom is 0.366 e. The molecule has 0 amide bonds. The minimum atomic E-state index is 0.494. The molecular weight excluding hydrogens is 138 g/mol. The average Bonchev–Trinajstić information content (AvgIpc) is 2.07. The fraction of sp³-hybridized carbons (Fsp3) is 0.222. The Balaban J connectivity index is 2.69. The molecule has 0 saturated heterocycles. The summed E-state index contributed by atoms with van der Waals surface area (Å²) in [5, 5.41) is 5.60. The molecule has 0 spiro atoms. The lowest BCUT2D eigenvalue weighted by atomic mass is 10.2. The molecule has 0 bridgehead atoms. The van der Waals surface area contributed by atoms with Gasteiger partial charge < -0.3 is 4.74 Å². The Morgan fingerprint density at radius 3 is 2.55 bits per heavy atom. The van der Waals surface area contributed by atoms with Crippen molar-refractivity contribution in [2.75, 3.05) is 6.61 Å². The highest BCUT2D eigenvalue weighted by atomic mass is 16.5. The standard InChI is InChI=1S/C9H11NO/c1-2-11-9(10)8-6-4-3-5-7-8/h3-7,10H,2H2,1H3/p+1. The Hall–Kier alpha value is -1.31. The zero-order chi connectivity index (χ0) is 8.10. The maximum absolute atomic E-state index is 5.60. The molecule has 11 heavy (non-hydrogen) atoms. The molecule has 0 heterocycles. The molecular formula is C9H12NO+. The predicted octanol–water partition coefficient (Wildman–Crippen LogP) is 0.229. The van der Waals surface area contributed by atoms with E-state index >= 15 is 0 Å². The minimum Gasteiger partial charge on any atom is -0.445 e. The van der Waals surface area contributed by atoms with Gasteiger partial charge in [-0.25, -0.2) is 5.41 Å². The molecule has 0 radical (unpaired) electrons. The molecule has 0 unspecified atom stereocenters. The van der Waals surface area contributed by atoms with Crippen LogP contribution in [0.1, 0.15) is 12.5 Å². The second-order valence-corrected chi connectivity index (χ2v) is 2.16. The van der Waals surface area contributed by atoms with Crippen LogP contribution in [0.5, 0.6) is 0 Å². The summed E-state index contributed by atoms with van der Waals surface area (Å²) in [6.07, 6.45) is 0. The van der Waals surface area contributed by atoms with Crippen molar-refractivity contribution in [3.8, 4) is 0 Å². The zero-order valence-electron chi connectivity index (χ0n) is 6.58. The quantitative estimate of drug-likeness (QED) is 0.475. The molecule has 2 nitrogen and oxygen atoms in total. The topological polar surface area (TPSA) is 34.8 Å². The van der Waals surface area contributed by atoms with Crippen LogP contribution in [0.25, 0.3) is 0 Å². The highest BCUT2D eigenvalue weighted by Gasteiger charge is 2.04. The van der Waals surface area contributed by atoms with Crippen LogP contribution in [0.3, 0.4) is 0 Å². The summed E-state index contributed by atoms with van der Waals surface area (Å²) in [6, 6.07) is 9.65. The third kappa shape index (κ3) is 2.08. The SMILES string of the molecule is CCOC(=[NH2+])c1ccccc1. The van der Waals surface area contributed by atoms with Crippen LogP contribution in [0, 0.1) is 0 Å². The third-order valence-corrected chi connectivity index (χ3v) is 1.36. The number of nitrogens with two attached hydrogens (primary N) is 1. The first-order valence-corrected chi connectivity index (χ1v) is 3.65. The Morgan fingerprint density at radius 1 is 1.36 bits per heavy atom. The Bertz CT molecular complexity index is 231. The molecule has 0 fully saturated rings. The smallest absolute Gasteiger partial charge is 0.366 e. The van der Waals surface area contributed by atoms with Crippen LogP contribution in [-0.2, 0) is 4.74 Å². The summed E-state index contributed by atoms with van der Waals surface area (Å²) in [5.74, 6) is 0.494. The first-order valence-electron chi connectivity index (χ1n) is 3.65. The maximum atomic E-state index is 5.60. The number of hydrogen-bond acceptors (Lipinski definition) is 1. The van der Waals surface area contributed by atoms with Crippen molar-refractivity contribution in [2.24, 2.45) is 0 Å². The lowest BCUT2D eigenvalue weighted by Gasteiger charge is -1.97. The van der Waals surface area contributed by atoms with Crippen LogP contribution < -0.4 is 5.41 Å². The van der Waals surface area contributed by atoms with E-state index in [1.165, 1.54) is 0 Å². The van der Waals surface area contributed by atoms with E-state index in [1.807, 2.05) is 37.3 Å². The summed E-state index contributed by atoms with van der Waals surface area (Å²) in [5.41, 5.74) is 0.939. The van der Waals surface area contributed by atoms with Crippen LogP contribution in [0.15, 0.2) is 30.3 Å². The fourth-order valence-electron chi connectivity index (χ4n) is 0.841. The number of rotatable bonds is 2. The van der Waals surface area contributed by atoms with Gasteiger partial charge >= 0.3 is 5.90 Å². The van der Waals surface area contributed by atoms with Crippen molar-refractivity contribution >= 4 is 5.90 Å². The van der Waals surface area contributed by atoms with Crippen LogP contribution in [-0.4, -0.2) is 12.5 Å². The van der Waals surface area contributed by atoms with Crippen LogP contribution >= 0.6 is 0 Å². The molecule has 0 aliphatic heterocycles. The van der Waals surface area contributed by atoms with Gasteiger partial charge in [0.25, 0.3) is 0 Å². The first-order chi connectivity index (χ1) is 5.34. The van der Waals surface area contributed by atoms with E-state index in [0.29, 0.717) is 12.5 Å². The minimum absolute atomic E-state index is 0.494. The van der Waals surface area contributed by atoms with E-state index in [0.717, 1.165) is 5.56 Å². The van der Waals surface area contributed by atoms with Crippen molar-refractivity contribution in [3.63, 3.8) is 0 Å². The van der Waals surface area contributed by atoms with Crippen molar-refractivity contribution < 1.29 is 10.1 Å². The molecule has 0 aliphatic carbocycles. The van der Waals surface area contributed by atoms with E-state index in [1.54, 1.807) is 0 Å². The highest BCUT2D eigenvalue weighted by Crippen LogP contribution is 1.97. The predicted molar refractivity (Wildman–Crippen MR) is 44.1 cm³/mol. The molecule has 1 rings (SSSR count). The average molecular weight is 150 g/mol. The lowest BCUT2D eigenvalue weighted by molar-refractivity contribution is -0.138. The van der Waals surface area contributed by atoms with Gasteiger partial charge in [0.05, 0.1) is 12.2 Å². The number of ether oxygens (including phenoxy) is 1. The fourth-order valence-corrected chi connectivity index (χ4v) is 0.841. The summed E-state index contributed by atoms with van der Waals surface area (Å²) in [4.78, 5) is 0. The van der Waals surface area contributed by atoms with Gasteiger partial charge in [-0.3, -0.25) is 0 Å². The van der Waals surface area contributed by atoms with Gasteiger partial charge in [0.1, 0.15) is 0 Å². The second-order valence-electron chi connectivity index (χ2n) is 2.16. The van der Waals surface area contributed by atoms with Crippen molar-refractivity contribution in [2.45, 2.75) is 6.92 Å². The third-order valence-electron chi connectivity index (χ3n) is 1.36. The molecule has 0 atom stereocenters. The van der Waals surface area contributed by atoms with Gasteiger partial charge in [-0.15, -0.1) is 0 Å². The number of benzene rings is 1. The largest absolute Gasteiger partial charge is 0.445 e. The van der Waals surface area contributed by atoms with Gasteiger partial charge in [-0.05, 0) is 19.1 Å². The van der Waals surface area contributed by atoms with E-state index in [4.69, 9.17) is 10.1 Å². The monoisotopic (exact) mass is 150 g/mol. The second kappa shape index (κ2) is 3.76. The van der Waals surface area contributed by atoms with Crippen molar-refractivity contribution in [1.29, 1.82) is 0 Å². The molecule has 0 saturated carbocycles. The lowest BCUT2D eigenvalue weighted by Crippen LogP contribution is -2.42. The summed E-state index contributed by atoms with van der Waals surface area (Å²) in [7, 11) is 0. The van der Waals surface area contributed by atoms with E-state index < -0.39 is 0 Å². The van der Waals surface area contributed by atoms with Gasteiger partial charge in [-0.2, -0.15) is 0 Å². The summed E-state index contributed by atoms with van der Waals surface area (Å²) < 4.78 is 5.12. The van der Waals surface area contributed by atoms with E-state index in [2.05, 4.69) is 0 Å². The van der Waals surface area contributed by atoms with Gasteiger partial charge in [0.15, 0.2) is 0 Å². The van der Waals surface area contributed by atoms with Crippen LogP contribution in [0.4, 0.5) is 0 Å². The normalized spacial score (nSPS) is 9.18. The molecule has 0 aromatic heterocycles. The first kappa shape index (κ1) is 7.79.